The Hall–Kier alpha value is -0.0300. The van der Waals surface area contributed by atoms with Crippen LogP contribution in [0.3, 0.4) is 0 Å². The summed E-state index contributed by atoms with van der Waals surface area (Å²) in [6.45, 7) is 1.98. The molecule has 2 nitrogen and oxygen atoms in total. The average Bonchev–Trinajstić information content (AvgIpc) is 2.17. The van der Waals surface area contributed by atoms with Gasteiger partial charge in [-0.15, -0.1) is 11.8 Å². The van der Waals surface area contributed by atoms with Crippen LogP contribution in [0.5, 0.6) is 0 Å². The highest BCUT2D eigenvalue weighted by molar-refractivity contribution is 9.10. The second kappa shape index (κ2) is 6.53. The van der Waals surface area contributed by atoms with Gasteiger partial charge in [0.05, 0.1) is 6.10 Å². The van der Waals surface area contributed by atoms with Gasteiger partial charge >= 0.3 is 0 Å². The third kappa shape index (κ3) is 4.15. The van der Waals surface area contributed by atoms with Crippen LogP contribution in [0.2, 0.25) is 0 Å². The second-order valence-corrected chi connectivity index (χ2v) is 5.31. The number of halogens is 1. The lowest BCUT2D eigenvalue weighted by atomic mass is 10.1. The molecule has 1 rings (SSSR count). The van der Waals surface area contributed by atoms with Crippen molar-refractivity contribution in [2.45, 2.75) is 24.3 Å². The summed E-state index contributed by atoms with van der Waals surface area (Å²) >= 11 is 5.14. The van der Waals surface area contributed by atoms with Crippen molar-refractivity contribution >= 4 is 27.7 Å². The Morgan fingerprint density at radius 1 is 1.47 bits per heavy atom. The topological polar surface area (TPSA) is 40.5 Å². The van der Waals surface area contributed by atoms with E-state index in [-0.39, 0.29) is 6.61 Å². The summed E-state index contributed by atoms with van der Waals surface area (Å²) in [4.78, 5) is 1.15. The first-order valence-corrected chi connectivity index (χ1v) is 6.64. The molecule has 1 atom stereocenters. The van der Waals surface area contributed by atoms with E-state index < -0.39 is 6.10 Å². The number of aliphatic hydroxyl groups excluding tert-OH is 2. The lowest BCUT2D eigenvalue weighted by molar-refractivity contribution is 0.198. The predicted molar refractivity (Wildman–Crippen MR) is 67.2 cm³/mol. The second-order valence-electron chi connectivity index (χ2n) is 3.28. The molecule has 0 radical (unpaired) electrons. The molecule has 2 N–H and O–H groups in total. The fourth-order valence-electron chi connectivity index (χ4n) is 1.19. The molecular weight excluding hydrogens is 276 g/mol. The van der Waals surface area contributed by atoms with Crippen molar-refractivity contribution in [2.24, 2.45) is 0 Å². The number of rotatable bonds is 5. The summed E-state index contributed by atoms with van der Waals surface area (Å²) in [5.74, 6) is 0.914. The monoisotopic (exact) mass is 290 g/mol. The lowest BCUT2D eigenvalue weighted by Crippen LogP contribution is -1.92. The molecule has 0 aliphatic carbocycles. The summed E-state index contributed by atoms with van der Waals surface area (Å²) < 4.78 is 0.937. The van der Waals surface area contributed by atoms with Crippen LogP contribution in [-0.2, 0) is 0 Å². The van der Waals surface area contributed by atoms with Gasteiger partial charge in [-0.2, -0.15) is 0 Å². The van der Waals surface area contributed by atoms with Crippen LogP contribution < -0.4 is 0 Å². The fourth-order valence-corrected chi connectivity index (χ4v) is 2.93. The average molecular weight is 291 g/mol. The zero-order valence-electron chi connectivity index (χ0n) is 8.61. The Morgan fingerprint density at radius 3 is 2.73 bits per heavy atom. The van der Waals surface area contributed by atoms with E-state index in [9.17, 15) is 5.11 Å². The lowest BCUT2D eigenvalue weighted by Gasteiger charge is -2.09. The molecule has 1 aromatic carbocycles. The molecule has 4 heteroatoms. The zero-order valence-corrected chi connectivity index (χ0v) is 11.0. The van der Waals surface area contributed by atoms with E-state index >= 15 is 0 Å². The molecule has 0 aliphatic rings. The normalized spacial score (nSPS) is 12.8. The standard InChI is InChI=1S/C11H15BrO2S/c1-8(14)10-4-3-9(7-11(10)12)15-6-2-5-13/h3-4,7-8,13-14H,2,5-6H2,1H3. The van der Waals surface area contributed by atoms with Gasteiger partial charge < -0.3 is 10.2 Å². The smallest absolute Gasteiger partial charge is 0.0772 e. The van der Waals surface area contributed by atoms with E-state index in [1.54, 1.807) is 18.7 Å². The number of hydrogen-bond acceptors (Lipinski definition) is 3. The molecule has 0 heterocycles. The van der Waals surface area contributed by atoms with Crippen molar-refractivity contribution in [1.29, 1.82) is 0 Å². The first-order valence-electron chi connectivity index (χ1n) is 4.86. The van der Waals surface area contributed by atoms with Gasteiger partial charge in [-0.25, -0.2) is 0 Å². The zero-order chi connectivity index (χ0) is 11.3. The van der Waals surface area contributed by atoms with Crippen LogP contribution in [0.1, 0.15) is 25.0 Å². The molecule has 0 bridgehead atoms. The van der Waals surface area contributed by atoms with E-state index in [1.165, 1.54) is 0 Å². The predicted octanol–water partition coefficient (Wildman–Crippen LogP) is 2.98. The molecule has 1 aromatic rings. The highest BCUT2D eigenvalue weighted by atomic mass is 79.9. The molecular formula is C11H15BrO2S. The van der Waals surface area contributed by atoms with E-state index in [1.807, 2.05) is 18.2 Å². The van der Waals surface area contributed by atoms with Gasteiger partial charge in [0.2, 0.25) is 0 Å². The summed E-state index contributed by atoms with van der Waals surface area (Å²) in [6, 6.07) is 5.93. The first-order chi connectivity index (χ1) is 7.15. The molecule has 0 amide bonds. The van der Waals surface area contributed by atoms with Gasteiger partial charge in [-0.3, -0.25) is 0 Å². The van der Waals surface area contributed by atoms with Gasteiger partial charge in [0, 0.05) is 21.7 Å². The highest BCUT2D eigenvalue weighted by Crippen LogP contribution is 2.28. The number of aliphatic hydroxyl groups is 2. The van der Waals surface area contributed by atoms with Crippen LogP contribution in [-0.4, -0.2) is 22.6 Å². The minimum Gasteiger partial charge on any atom is -0.396 e. The van der Waals surface area contributed by atoms with E-state index in [2.05, 4.69) is 15.9 Å². The van der Waals surface area contributed by atoms with Gasteiger partial charge in [-0.05, 0) is 31.0 Å². The third-order valence-corrected chi connectivity index (χ3v) is 3.76. The van der Waals surface area contributed by atoms with E-state index in [4.69, 9.17) is 5.11 Å². The Balaban J connectivity index is 2.65. The molecule has 84 valence electrons. The maximum Gasteiger partial charge on any atom is 0.0772 e. The summed E-state index contributed by atoms with van der Waals surface area (Å²) in [7, 11) is 0. The van der Waals surface area contributed by atoms with Crippen molar-refractivity contribution in [2.75, 3.05) is 12.4 Å². The molecule has 15 heavy (non-hydrogen) atoms. The summed E-state index contributed by atoms with van der Waals surface area (Å²) in [5, 5.41) is 18.1. The van der Waals surface area contributed by atoms with Crippen LogP contribution in [0.25, 0.3) is 0 Å². The largest absolute Gasteiger partial charge is 0.396 e. The Bertz CT molecular complexity index is 315. The van der Waals surface area contributed by atoms with E-state index in [0.717, 1.165) is 27.1 Å². The highest BCUT2D eigenvalue weighted by Gasteiger charge is 2.06. The molecule has 0 spiro atoms. The Kier molecular flexibility index (Phi) is 5.68. The van der Waals surface area contributed by atoms with Gasteiger partial charge in [0.25, 0.3) is 0 Å². The van der Waals surface area contributed by atoms with E-state index in [0.29, 0.717) is 0 Å². The third-order valence-electron chi connectivity index (χ3n) is 1.99. The van der Waals surface area contributed by atoms with Gasteiger partial charge in [0.1, 0.15) is 0 Å². The minimum atomic E-state index is -0.448. The molecule has 0 aliphatic heterocycles. The summed E-state index contributed by atoms with van der Waals surface area (Å²) in [5.41, 5.74) is 0.904. The van der Waals surface area contributed by atoms with Crippen LogP contribution >= 0.6 is 27.7 Å². The number of benzene rings is 1. The number of thioether (sulfide) groups is 1. The molecule has 0 aromatic heterocycles. The van der Waals surface area contributed by atoms with Crippen molar-refractivity contribution in [1.82, 2.24) is 0 Å². The molecule has 1 unspecified atom stereocenters. The molecule has 0 saturated heterocycles. The maximum absolute atomic E-state index is 9.44. The quantitative estimate of drug-likeness (QED) is 0.647. The Morgan fingerprint density at radius 2 is 2.20 bits per heavy atom. The Labute approximate surface area is 103 Å². The molecule has 0 fully saturated rings. The maximum atomic E-state index is 9.44. The van der Waals surface area contributed by atoms with Crippen LogP contribution in [0.15, 0.2) is 27.6 Å². The van der Waals surface area contributed by atoms with Gasteiger partial charge in [0.15, 0.2) is 0 Å². The SMILES string of the molecule is CC(O)c1ccc(SCCCO)cc1Br. The summed E-state index contributed by atoms with van der Waals surface area (Å²) in [6.07, 6.45) is 0.358. The number of hydrogen-bond donors (Lipinski definition) is 2. The molecule has 0 saturated carbocycles. The van der Waals surface area contributed by atoms with Crippen molar-refractivity contribution in [3.05, 3.63) is 28.2 Å². The van der Waals surface area contributed by atoms with Crippen LogP contribution in [0.4, 0.5) is 0 Å². The first kappa shape index (κ1) is 13.0. The fraction of sp³-hybridized carbons (Fsp3) is 0.455. The van der Waals surface area contributed by atoms with Crippen molar-refractivity contribution in [3.8, 4) is 0 Å². The van der Waals surface area contributed by atoms with Gasteiger partial charge in [-0.1, -0.05) is 22.0 Å². The van der Waals surface area contributed by atoms with Crippen molar-refractivity contribution < 1.29 is 10.2 Å². The van der Waals surface area contributed by atoms with Crippen LogP contribution in [0, 0.1) is 0 Å². The van der Waals surface area contributed by atoms with Crippen molar-refractivity contribution in [3.63, 3.8) is 0 Å². The minimum absolute atomic E-state index is 0.236.